The molecule has 1 aromatic carbocycles. The monoisotopic (exact) mass is 265 g/mol. The van der Waals surface area contributed by atoms with Gasteiger partial charge in [-0.25, -0.2) is 0 Å². The first kappa shape index (κ1) is 12.5. The molecule has 0 unspecified atom stereocenters. The van der Waals surface area contributed by atoms with Crippen molar-refractivity contribution < 1.29 is 4.79 Å². The smallest absolute Gasteiger partial charge is 0.254 e. The number of nitrogens with zero attached hydrogens (tertiary/aromatic N) is 3. The van der Waals surface area contributed by atoms with Gasteiger partial charge in [0.05, 0.1) is 17.7 Å². The topological polar surface area (TPSA) is 49.0 Å². The Bertz CT molecular complexity index is 696. The molecule has 0 fully saturated rings. The van der Waals surface area contributed by atoms with E-state index in [2.05, 4.69) is 16.7 Å². The standard InChI is InChI=1S/C16H15N3O/c1-12-15-6-3-7-18(15)8-9-19(12)16(20)14-5-2-4-13(10-14)11-17/h2-7,10,12H,8-9H2,1H3/t12-/m0/s1. The van der Waals surface area contributed by atoms with E-state index in [1.165, 1.54) is 0 Å². The summed E-state index contributed by atoms with van der Waals surface area (Å²) in [6.45, 7) is 3.55. The number of amides is 1. The van der Waals surface area contributed by atoms with E-state index >= 15 is 0 Å². The molecule has 1 aromatic heterocycles. The van der Waals surface area contributed by atoms with Gasteiger partial charge < -0.3 is 9.47 Å². The first-order valence-corrected chi connectivity index (χ1v) is 6.67. The van der Waals surface area contributed by atoms with Crippen molar-refractivity contribution in [2.75, 3.05) is 6.54 Å². The van der Waals surface area contributed by atoms with Gasteiger partial charge in [-0.2, -0.15) is 5.26 Å². The zero-order valence-corrected chi connectivity index (χ0v) is 11.3. The van der Waals surface area contributed by atoms with Crippen molar-refractivity contribution >= 4 is 5.91 Å². The number of carbonyl (C=O) groups is 1. The molecule has 1 aliphatic rings. The second kappa shape index (κ2) is 4.86. The fourth-order valence-corrected chi connectivity index (χ4v) is 2.74. The van der Waals surface area contributed by atoms with E-state index in [-0.39, 0.29) is 11.9 Å². The van der Waals surface area contributed by atoms with E-state index in [0.717, 1.165) is 12.2 Å². The molecule has 20 heavy (non-hydrogen) atoms. The molecule has 0 saturated heterocycles. The van der Waals surface area contributed by atoms with E-state index in [1.54, 1.807) is 24.3 Å². The van der Waals surface area contributed by atoms with Crippen molar-refractivity contribution in [3.8, 4) is 6.07 Å². The number of benzene rings is 1. The van der Waals surface area contributed by atoms with Crippen LogP contribution in [0.15, 0.2) is 42.6 Å². The predicted molar refractivity (Wildman–Crippen MR) is 75.0 cm³/mol. The molecule has 1 amide bonds. The first-order chi connectivity index (χ1) is 9.70. The van der Waals surface area contributed by atoms with Crippen molar-refractivity contribution in [3.63, 3.8) is 0 Å². The van der Waals surface area contributed by atoms with Crippen LogP contribution in [-0.2, 0) is 6.54 Å². The predicted octanol–water partition coefficient (Wildman–Crippen LogP) is 2.58. The van der Waals surface area contributed by atoms with E-state index in [1.807, 2.05) is 24.1 Å². The van der Waals surface area contributed by atoms with Crippen LogP contribution >= 0.6 is 0 Å². The average Bonchev–Trinajstić information content (AvgIpc) is 2.96. The number of rotatable bonds is 1. The molecule has 4 nitrogen and oxygen atoms in total. The molecular formula is C16H15N3O. The average molecular weight is 265 g/mol. The summed E-state index contributed by atoms with van der Waals surface area (Å²) in [6.07, 6.45) is 2.05. The van der Waals surface area contributed by atoms with Crippen LogP contribution in [0, 0.1) is 11.3 Å². The summed E-state index contributed by atoms with van der Waals surface area (Å²) >= 11 is 0. The summed E-state index contributed by atoms with van der Waals surface area (Å²) in [4.78, 5) is 14.5. The van der Waals surface area contributed by atoms with Crippen molar-refractivity contribution in [1.29, 1.82) is 5.26 Å². The highest BCUT2D eigenvalue weighted by Gasteiger charge is 2.28. The van der Waals surface area contributed by atoms with Crippen LogP contribution in [0.2, 0.25) is 0 Å². The number of hydrogen-bond donors (Lipinski definition) is 0. The molecule has 1 atom stereocenters. The largest absolute Gasteiger partial charge is 0.348 e. The fourth-order valence-electron chi connectivity index (χ4n) is 2.74. The van der Waals surface area contributed by atoms with Gasteiger partial charge in [-0.1, -0.05) is 6.07 Å². The quantitative estimate of drug-likeness (QED) is 0.795. The van der Waals surface area contributed by atoms with Crippen LogP contribution < -0.4 is 0 Å². The summed E-state index contributed by atoms with van der Waals surface area (Å²) in [5, 5.41) is 8.93. The van der Waals surface area contributed by atoms with E-state index in [4.69, 9.17) is 5.26 Å². The van der Waals surface area contributed by atoms with Gasteiger partial charge in [0, 0.05) is 30.5 Å². The second-order valence-electron chi connectivity index (χ2n) is 4.99. The third-order valence-electron chi connectivity index (χ3n) is 3.84. The summed E-state index contributed by atoms with van der Waals surface area (Å²) in [5.41, 5.74) is 2.25. The molecule has 1 aliphatic heterocycles. The number of hydrogen-bond acceptors (Lipinski definition) is 2. The van der Waals surface area contributed by atoms with Crippen LogP contribution in [0.25, 0.3) is 0 Å². The van der Waals surface area contributed by atoms with Gasteiger partial charge in [0.1, 0.15) is 0 Å². The zero-order valence-electron chi connectivity index (χ0n) is 11.3. The molecule has 0 bridgehead atoms. The number of carbonyl (C=O) groups excluding carboxylic acids is 1. The van der Waals surface area contributed by atoms with Crippen LogP contribution in [0.3, 0.4) is 0 Å². The van der Waals surface area contributed by atoms with Crippen LogP contribution in [-0.4, -0.2) is 21.9 Å². The Kier molecular flexibility index (Phi) is 3.03. The molecule has 0 N–H and O–H groups in total. The van der Waals surface area contributed by atoms with Crippen molar-refractivity contribution in [1.82, 2.24) is 9.47 Å². The highest BCUT2D eigenvalue weighted by molar-refractivity contribution is 5.94. The Morgan fingerprint density at radius 3 is 2.95 bits per heavy atom. The van der Waals surface area contributed by atoms with Crippen molar-refractivity contribution in [2.24, 2.45) is 0 Å². The maximum atomic E-state index is 12.6. The van der Waals surface area contributed by atoms with Crippen molar-refractivity contribution in [3.05, 3.63) is 59.4 Å². The lowest BCUT2D eigenvalue weighted by atomic mass is 10.1. The molecule has 0 aliphatic carbocycles. The zero-order chi connectivity index (χ0) is 14.1. The Labute approximate surface area is 117 Å². The minimum Gasteiger partial charge on any atom is -0.348 e. The molecule has 2 aromatic rings. The summed E-state index contributed by atoms with van der Waals surface area (Å²) in [5.74, 6) is -0.0120. The van der Waals surface area contributed by atoms with E-state index in [9.17, 15) is 4.79 Å². The minimum atomic E-state index is -0.0120. The van der Waals surface area contributed by atoms with Gasteiger partial charge in [0.15, 0.2) is 0 Å². The molecule has 2 heterocycles. The van der Waals surface area contributed by atoms with E-state index in [0.29, 0.717) is 17.7 Å². The number of fused-ring (bicyclic) bond motifs is 1. The summed E-state index contributed by atoms with van der Waals surface area (Å²) in [6, 6.07) is 13.1. The van der Waals surface area contributed by atoms with Crippen LogP contribution in [0.1, 0.15) is 34.6 Å². The first-order valence-electron chi connectivity index (χ1n) is 6.67. The van der Waals surface area contributed by atoms with Gasteiger partial charge in [-0.05, 0) is 37.3 Å². The fraction of sp³-hybridized carbons (Fsp3) is 0.250. The normalized spacial score (nSPS) is 17.4. The van der Waals surface area contributed by atoms with Gasteiger partial charge in [-0.15, -0.1) is 0 Å². The number of aromatic nitrogens is 1. The SMILES string of the molecule is C[C@H]1c2cccn2CCN1C(=O)c1cccc(C#N)c1. The molecule has 0 spiro atoms. The number of nitriles is 1. The van der Waals surface area contributed by atoms with Crippen LogP contribution in [0.4, 0.5) is 0 Å². The molecule has 3 rings (SSSR count). The maximum absolute atomic E-state index is 12.6. The molecular weight excluding hydrogens is 250 g/mol. The Hall–Kier alpha value is -2.54. The third kappa shape index (κ3) is 1.97. The van der Waals surface area contributed by atoms with Gasteiger partial charge >= 0.3 is 0 Å². The molecule has 100 valence electrons. The Morgan fingerprint density at radius 2 is 2.15 bits per heavy atom. The van der Waals surface area contributed by atoms with Gasteiger partial charge in [-0.3, -0.25) is 4.79 Å². The Balaban J connectivity index is 1.90. The highest BCUT2D eigenvalue weighted by atomic mass is 16.2. The van der Waals surface area contributed by atoms with Crippen LogP contribution in [0.5, 0.6) is 0 Å². The minimum absolute atomic E-state index is 0.0120. The van der Waals surface area contributed by atoms with Crippen molar-refractivity contribution in [2.45, 2.75) is 19.5 Å². The maximum Gasteiger partial charge on any atom is 0.254 e. The molecule has 4 heteroatoms. The third-order valence-corrected chi connectivity index (χ3v) is 3.84. The van der Waals surface area contributed by atoms with E-state index < -0.39 is 0 Å². The lowest BCUT2D eigenvalue weighted by Crippen LogP contribution is -2.40. The molecule has 0 radical (unpaired) electrons. The highest BCUT2D eigenvalue weighted by Crippen LogP contribution is 2.26. The Morgan fingerprint density at radius 1 is 1.30 bits per heavy atom. The van der Waals surface area contributed by atoms with Gasteiger partial charge in [0.25, 0.3) is 5.91 Å². The molecule has 0 saturated carbocycles. The summed E-state index contributed by atoms with van der Waals surface area (Å²) < 4.78 is 2.18. The lowest BCUT2D eigenvalue weighted by Gasteiger charge is -2.35. The van der Waals surface area contributed by atoms with Gasteiger partial charge in [0.2, 0.25) is 0 Å². The lowest BCUT2D eigenvalue weighted by molar-refractivity contribution is 0.0644. The summed E-state index contributed by atoms with van der Waals surface area (Å²) in [7, 11) is 0. The second-order valence-corrected chi connectivity index (χ2v) is 4.99.